The molecule has 4 fully saturated rings. The summed E-state index contributed by atoms with van der Waals surface area (Å²) in [4.78, 5) is 12.4. The van der Waals surface area contributed by atoms with Gasteiger partial charge in [0.25, 0.3) is 0 Å². The Morgan fingerprint density at radius 3 is 2.33 bits per heavy atom. The highest BCUT2D eigenvalue weighted by Gasteiger charge is 2.48. The Hall–Kier alpha value is -1.53. The third-order valence-electron chi connectivity index (χ3n) is 6.04. The topological polar surface area (TPSA) is 46.9 Å². The van der Waals surface area contributed by atoms with E-state index in [2.05, 4.69) is 10.4 Å². The number of carbonyl (C=O) groups is 1. The van der Waals surface area contributed by atoms with E-state index in [0.29, 0.717) is 11.8 Å². The summed E-state index contributed by atoms with van der Waals surface area (Å²) in [6.45, 7) is 1.13. The van der Waals surface area contributed by atoms with Crippen LogP contribution in [0.2, 0.25) is 0 Å². The van der Waals surface area contributed by atoms with Crippen molar-refractivity contribution in [3.63, 3.8) is 0 Å². The number of aromatic nitrogens is 2. The van der Waals surface area contributed by atoms with Gasteiger partial charge in [-0.15, -0.1) is 0 Å². The molecule has 0 aliphatic heterocycles. The molecular formula is C17H22F3N3O. The molecule has 1 N–H and O–H groups in total. The molecule has 0 radical (unpaired) electrons. The van der Waals surface area contributed by atoms with E-state index in [-0.39, 0.29) is 24.2 Å². The molecule has 24 heavy (non-hydrogen) atoms. The van der Waals surface area contributed by atoms with Gasteiger partial charge in [0.2, 0.25) is 5.91 Å². The minimum absolute atomic E-state index is 0.135. The SMILES string of the molecule is Cc1cc(C(F)(F)F)n(CC(=O)NC2C3CC4CC(C3)CC2C4)n1. The molecule has 1 aromatic rings. The summed E-state index contributed by atoms with van der Waals surface area (Å²) >= 11 is 0. The number of halogens is 3. The van der Waals surface area contributed by atoms with E-state index >= 15 is 0 Å². The number of nitrogens with one attached hydrogen (secondary N) is 1. The van der Waals surface area contributed by atoms with E-state index in [1.807, 2.05) is 0 Å². The molecule has 1 aromatic heterocycles. The molecule has 0 saturated heterocycles. The second-order valence-electron chi connectivity index (χ2n) is 7.85. The van der Waals surface area contributed by atoms with Crippen LogP contribution in [-0.4, -0.2) is 21.7 Å². The lowest BCUT2D eigenvalue weighted by atomic mass is 9.54. The maximum Gasteiger partial charge on any atom is 0.433 e. The van der Waals surface area contributed by atoms with Crippen molar-refractivity contribution >= 4 is 5.91 Å². The molecule has 7 heteroatoms. The quantitative estimate of drug-likeness (QED) is 0.918. The lowest BCUT2D eigenvalue weighted by Gasteiger charge is -2.54. The fourth-order valence-corrected chi connectivity index (χ4v) is 5.42. The van der Waals surface area contributed by atoms with Crippen molar-refractivity contribution in [3.8, 4) is 0 Å². The number of rotatable bonds is 3. The zero-order chi connectivity index (χ0) is 17.1. The molecule has 1 amide bonds. The van der Waals surface area contributed by atoms with E-state index in [0.717, 1.165) is 48.3 Å². The van der Waals surface area contributed by atoms with Crippen LogP contribution >= 0.6 is 0 Å². The number of alkyl halides is 3. The molecule has 0 atom stereocenters. The van der Waals surface area contributed by atoms with Gasteiger partial charge >= 0.3 is 6.18 Å². The normalized spacial score (nSPS) is 34.6. The third-order valence-corrected chi connectivity index (χ3v) is 6.04. The lowest BCUT2D eigenvalue weighted by molar-refractivity contribution is -0.145. The Labute approximate surface area is 138 Å². The van der Waals surface area contributed by atoms with Crippen LogP contribution in [0, 0.1) is 30.6 Å². The fraction of sp³-hybridized carbons (Fsp3) is 0.765. The van der Waals surface area contributed by atoms with Crippen molar-refractivity contribution in [2.75, 3.05) is 0 Å². The Bertz CT molecular complexity index is 624. The molecule has 4 nitrogen and oxygen atoms in total. The predicted molar refractivity (Wildman–Crippen MR) is 80.9 cm³/mol. The van der Waals surface area contributed by atoms with E-state index < -0.39 is 11.9 Å². The molecule has 4 saturated carbocycles. The van der Waals surface area contributed by atoms with Gasteiger partial charge < -0.3 is 5.32 Å². The van der Waals surface area contributed by atoms with Crippen molar-refractivity contribution in [1.82, 2.24) is 15.1 Å². The van der Waals surface area contributed by atoms with Crippen LogP contribution in [0.4, 0.5) is 13.2 Å². The molecule has 0 spiro atoms. The molecular weight excluding hydrogens is 319 g/mol. The van der Waals surface area contributed by atoms with Crippen molar-refractivity contribution in [3.05, 3.63) is 17.5 Å². The zero-order valence-electron chi connectivity index (χ0n) is 13.6. The number of hydrogen-bond donors (Lipinski definition) is 1. The first kappa shape index (κ1) is 16.0. The Morgan fingerprint density at radius 1 is 1.21 bits per heavy atom. The summed E-state index contributed by atoms with van der Waals surface area (Å²) < 4.78 is 39.8. The number of amides is 1. The standard InChI is InChI=1S/C17H22F3N3O/c1-9-2-14(17(18,19)20)23(22-9)8-15(24)21-16-12-4-10-3-11(6-12)7-13(16)5-10/h2,10-13,16H,3-8H2,1H3,(H,21,24). The van der Waals surface area contributed by atoms with E-state index in [9.17, 15) is 18.0 Å². The van der Waals surface area contributed by atoms with Gasteiger partial charge in [-0.1, -0.05) is 0 Å². The number of carbonyl (C=O) groups excluding carboxylic acids is 1. The summed E-state index contributed by atoms with van der Waals surface area (Å²) in [5.41, 5.74) is -0.593. The van der Waals surface area contributed by atoms with Crippen molar-refractivity contribution in [2.24, 2.45) is 23.7 Å². The monoisotopic (exact) mass is 341 g/mol. The summed E-state index contributed by atoms with van der Waals surface area (Å²) in [5.74, 6) is 2.25. The molecule has 1 heterocycles. The molecule has 4 bridgehead atoms. The minimum atomic E-state index is -4.50. The number of aryl methyl sites for hydroxylation is 1. The first-order chi connectivity index (χ1) is 11.3. The fourth-order valence-electron chi connectivity index (χ4n) is 5.42. The van der Waals surface area contributed by atoms with Gasteiger partial charge in [0, 0.05) is 6.04 Å². The van der Waals surface area contributed by atoms with Gasteiger partial charge in [0.05, 0.1) is 5.69 Å². The van der Waals surface area contributed by atoms with Crippen molar-refractivity contribution in [1.29, 1.82) is 0 Å². The molecule has 0 aromatic carbocycles. The zero-order valence-corrected chi connectivity index (χ0v) is 13.6. The van der Waals surface area contributed by atoms with E-state index in [4.69, 9.17) is 0 Å². The predicted octanol–water partition coefficient (Wildman–Crippen LogP) is 3.15. The third kappa shape index (κ3) is 2.82. The molecule has 132 valence electrons. The largest absolute Gasteiger partial charge is 0.433 e. The van der Waals surface area contributed by atoms with Gasteiger partial charge in [-0.05, 0) is 68.8 Å². The van der Waals surface area contributed by atoms with Crippen LogP contribution in [0.5, 0.6) is 0 Å². The minimum Gasteiger partial charge on any atom is -0.351 e. The van der Waals surface area contributed by atoms with Crippen LogP contribution in [-0.2, 0) is 17.5 Å². The summed E-state index contributed by atoms with van der Waals surface area (Å²) in [5, 5.41) is 6.87. The van der Waals surface area contributed by atoms with Gasteiger partial charge in [0.1, 0.15) is 12.2 Å². The highest BCUT2D eigenvalue weighted by molar-refractivity contribution is 5.76. The Morgan fingerprint density at radius 2 is 1.79 bits per heavy atom. The van der Waals surface area contributed by atoms with Crippen LogP contribution in [0.25, 0.3) is 0 Å². The molecule has 4 aliphatic carbocycles. The van der Waals surface area contributed by atoms with E-state index in [1.165, 1.54) is 13.3 Å². The number of nitrogens with zero attached hydrogens (tertiary/aromatic N) is 2. The molecule has 0 unspecified atom stereocenters. The summed E-state index contributed by atoms with van der Waals surface area (Å²) in [6.07, 6.45) is 1.47. The van der Waals surface area contributed by atoms with Gasteiger partial charge in [0.15, 0.2) is 0 Å². The average Bonchev–Trinajstić information content (AvgIpc) is 2.83. The first-order valence-corrected chi connectivity index (χ1v) is 8.70. The molecule has 4 aliphatic rings. The number of hydrogen-bond acceptors (Lipinski definition) is 2. The van der Waals surface area contributed by atoms with E-state index in [1.54, 1.807) is 0 Å². The Balaban J connectivity index is 1.45. The van der Waals surface area contributed by atoms with Gasteiger partial charge in [-0.25, -0.2) is 0 Å². The van der Waals surface area contributed by atoms with Gasteiger partial charge in [-0.3, -0.25) is 9.48 Å². The van der Waals surface area contributed by atoms with Crippen LogP contribution in [0.1, 0.15) is 43.5 Å². The molecule has 5 rings (SSSR count). The lowest BCUT2D eigenvalue weighted by Crippen LogP contribution is -2.56. The Kier molecular flexibility index (Phi) is 3.65. The van der Waals surface area contributed by atoms with Crippen LogP contribution in [0.3, 0.4) is 0 Å². The van der Waals surface area contributed by atoms with Crippen molar-refractivity contribution < 1.29 is 18.0 Å². The maximum atomic E-state index is 13.0. The van der Waals surface area contributed by atoms with Crippen LogP contribution in [0.15, 0.2) is 6.07 Å². The maximum absolute atomic E-state index is 13.0. The van der Waals surface area contributed by atoms with Crippen LogP contribution < -0.4 is 5.32 Å². The highest BCUT2D eigenvalue weighted by Crippen LogP contribution is 2.53. The van der Waals surface area contributed by atoms with Crippen molar-refractivity contribution in [2.45, 2.75) is 57.8 Å². The second-order valence-corrected chi connectivity index (χ2v) is 7.85. The highest BCUT2D eigenvalue weighted by atomic mass is 19.4. The summed E-state index contributed by atoms with van der Waals surface area (Å²) in [7, 11) is 0. The first-order valence-electron chi connectivity index (χ1n) is 8.70. The summed E-state index contributed by atoms with van der Waals surface area (Å²) in [6, 6.07) is 1.12. The van der Waals surface area contributed by atoms with Gasteiger partial charge in [-0.2, -0.15) is 18.3 Å². The second kappa shape index (κ2) is 5.49. The smallest absolute Gasteiger partial charge is 0.351 e. The average molecular weight is 341 g/mol.